The van der Waals surface area contributed by atoms with Gasteiger partial charge in [0, 0.05) is 20.1 Å². The summed E-state index contributed by atoms with van der Waals surface area (Å²) >= 11 is 0. The molecule has 118 valence electrons. The molecule has 1 fully saturated rings. The molecule has 21 heavy (non-hydrogen) atoms. The lowest BCUT2D eigenvalue weighted by molar-refractivity contribution is 0.185. The SMILES string of the molecule is CN=C(N)NCc1ccccc1CN1CCC(C)CC1.I. The topological polar surface area (TPSA) is 53.6 Å². The second-order valence-electron chi connectivity index (χ2n) is 5.69. The van der Waals surface area contributed by atoms with E-state index in [1.807, 2.05) is 0 Å². The Morgan fingerprint density at radius 1 is 1.29 bits per heavy atom. The predicted octanol–water partition coefficient (Wildman–Crippen LogP) is 2.57. The summed E-state index contributed by atoms with van der Waals surface area (Å²) in [4.78, 5) is 6.48. The van der Waals surface area contributed by atoms with E-state index in [0.717, 1.165) is 19.0 Å². The monoisotopic (exact) mass is 402 g/mol. The normalized spacial score (nSPS) is 17.3. The Bertz CT molecular complexity index is 453. The Kier molecular flexibility index (Phi) is 8.03. The zero-order valence-corrected chi connectivity index (χ0v) is 15.3. The van der Waals surface area contributed by atoms with Gasteiger partial charge in [0.2, 0.25) is 0 Å². The number of benzene rings is 1. The minimum Gasteiger partial charge on any atom is -0.370 e. The van der Waals surface area contributed by atoms with E-state index in [-0.39, 0.29) is 24.0 Å². The number of hydrogen-bond acceptors (Lipinski definition) is 2. The van der Waals surface area contributed by atoms with Crippen molar-refractivity contribution < 1.29 is 0 Å². The van der Waals surface area contributed by atoms with Crippen molar-refractivity contribution in [2.45, 2.75) is 32.9 Å². The van der Waals surface area contributed by atoms with Crippen LogP contribution in [0.5, 0.6) is 0 Å². The second kappa shape index (κ2) is 9.25. The van der Waals surface area contributed by atoms with Crippen molar-refractivity contribution in [2.24, 2.45) is 16.6 Å². The minimum absolute atomic E-state index is 0. The smallest absolute Gasteiger partial charge is 0.188 e. The van der Waals surface area contributed by atoms with E-state index in [9.17, 15) is 0 Å². The van der Waals surface area contributed by atoms with Crippen molar-refractivity contribution in [2.75, 3.05) is 20.1 Å². The fourth-order valence-electron chi connectivity index (χ4n) is 2.61. The van der Waals surface area contributed by atoms with Gasteiger partial charge >= 0.3 is 0 Å². The summed E-state index contributed by atoms with van der Waals surface area (Å²) in [6.07, 6.45) is 2.63. The van der Waals surface area contributed by atoms with E-state index in [1.165, 1.54) is 37.1 Å². The fourth-order valence-corrected chi connectivity index (χ4v) is 2.61. The summed E-state index contributed by atoms with van der Waals surface area (Å²) in [6.45, 7) is 6.54. The van der Waals surface area contributed by atoms with Gasteiger partial charge in [-0.3, -0.25) is 9.89 Å². The van der Waals surface area contributed by atoms with Crippen LogP contribution >= 0.6 is 24.0 Å². The molecule has 0 bridgehead atoms. The van der Waals surface area contributed by atoms with Gasteiger partial charge in [0.05, 0.1) is 0 Å². The highest BCUT2D eigenvalue weighted by atomic mass is 127. The molecule has 4 nitrogen and oxygen atoms in total. The number of nitrogens with one attached hydrogen (secondary N) is 1. The Hall–Kier alpha value is -0.820. The molecular weight excluding hydrogens is 375 g/mol. The number of aliphatic imine (C=N–C) groups is 1. The van der Waals surface area contributed by atoms with Gasteiger partial charge in [-0.05, 0) is 43.0 Å². The second-order valence-corrected chi connectivity index (χ2v) is 5.69. The molecule has 0 unspecified atom stereocenters. The van der Waals surface area contributed by atoms with Gasteiger partial charge in [-0.25, -0.2) is 0 Å². The largest absolute Gasteiger partial charge is 0.370 e. The molecule has 0 spiro atoms. The molecule has 1 heterocycles. The molecule has 1 aliphatic heterocycles. The number of likely N-dealkylation sites (tertiary alicyclic amines) is 1. The van der Waals surface area contributed by atoms with E-state index in [2.05, 4.69) is 46.4 Å². The van der Waals surface area contributed by atoms with Gasteiger partial charge in [-0.15, -0.1) is 24.0 Å². The molecule has 1 aromatic rings. The van der Waals surface area contributed by atoms with Crippen LogP contribution < -0.4 is 11.1 Å². The van der Waals surface area contributed by atoms with Gasteiger partial charge in [-0.1, -0.05) is 31.2 Å². The Morgan fingerprint density at radius 3 is 2.52 bits per heavy atom. The maximum absolute atomic E-state index is 5.70. The maximum Gasteiger partial charge on any atom is 0.188 e. The van der Waals surface area contributed by atoms with E-state index in [1.54, 1.807) is 7.05 Å². The first-order valence-corrected chi connectivity index (χ1v) is 7.44. The van der Waals surface area contributed by atoms with Crippen LogP contribution in [0.25, 0.3) is 0 Å². The van der Waals surface area contributed by atoms with Crippen molar-refractivity contribution >= 4 is 29.9 Å². The van der Waals surface area contributed by atoms with Crippen LogP contribution in [0.1, 0.15) is 30.9 Å². The van der Waals surface area contributed by atoms with Crippen LogP contribution in [0.3, 0.4) is 0 Å². The third-order valence-corrected chi connectivity index (χ3v) is 4.09. The first kappa shape index (κ1) is 18.2. The van der Waals surface area contributed by atoms with E-state index >= 15 is 0 Å². The van der Waals surface area contributed by atoms with Gasteiger partial charge in [0.25, 0.3) is 0 Å². The van der Waals surface area contributed by atoms with Crippen LogP contribution in [-0.4, -0.2) is 31.0 Å². The summed E-state index contributed by atoms with van der Waals surface area (Å²) in [5.41, 5.74) is 8.39. The molecule has 3 N–H and O–H groups in total. The molecule has 0 saturated carbocycles. The van der Waals surface area contributed by atoms with Gasteiger partial charge < -0.3 is 11.1 Å². The highest BCUT2D eigenvalue weighted by Gasteiger charge is 2.16. The number of guanidine groups is 1. The minimum atomic E-state index is 0. The molecule has 0 radical (unpaired) electrons. The molecule has 0 aromatic heterocycles. The molecule has 1 aromatic carbocycles. The van der Waals surface area contributed by atoms with Crippen molar-refractivity contribution in [3.63, 3.8) is 0 Å². The Balaban J connectivity index is 0.00000220. The third kappa shape index (κ3) is 5.82. The van der Waals surface area contributed by atoms with E-state index in [4.69, 9.17) is 5.73 Å². The lowest BCUT2D eigenvalue weighted by Crippen LogP contribution is -2.34. The average Bonchev–Trinajstić information content (AvgIpc) is 2.48. The number of piperidine rings is 1. The van der Waals surface area contributed by atoms with Gasteiger partial charge in [0.15, 0.2) is 5.96 Å². The van der Waals surface area contributed by atoms with Gasteiger partial charge in [-0.2, -0.15) is 0 Å². The number of hydrogen-bond donors (Lipinski definition) is 2. The molecule has 1 aliphatic rings. The quantitative estimate of drug-likeness (QED) is 0.463. The van der Waals surface area contributed by atoms with Crippen LogP contribution in [0, 0.1) is 5.92 Å². The van der Waals surface area contributed by atoms with Crippen molar-refractivity contribution in [3.8, 4) is 0 Å². The van der Waals surface area contributed by atoms with E-state index < -0.39 is 0 Å². The number of halogens is 1. The maximum atomic E-state index is 5.70. The van der Waals surface area contributed by atoms with Gasteiger partial charge in [0.1, 0.15) is 0 Å². The van der Waals surface area contributed by atoms with Crippen LogP contribution in [0.15, 0.2) is 29.3 Å². The number of rotatable bonds is 4. The summed E-state index contributed by atoms with van der Waals surface area (Å²) in [5.74, 6) is 1.37. The number of nitrogens with zero attached hydrogens (tertiary/aromatic N) is 2. The molecule has 2 rings (SSSR count). The molecular formula is C16H27IN4. The zero-order valence-electron chi connectivity index (χ0n) is 13.0. The molecule has 0 amide bonds. The predicted molar refractivity (Wildman–Crippen MR) is 99.9 cm³/mol. The Morgan fingerprint density at radius 2 is 1.90 bits per heavy atom. The summed E-state index contributed by atoms with van der Waals surface area (Å²) < 4.78 is 0. The first-order chi connectivity index (χ1) is 9.69. The first-order valence-electron chi connectivity index (χ1n) is 7.44. The molecule has 1 saturated heterocycles. The molecule has 5 heteroatoms. The summed E-state index contributed by atoms with van der Waals surface area (Å²) in [7, 11) is 1.70. The third-order valence-electron chi connectivity index (χ3n) is 4.09. The average molecular weight is 402 g/mol. The standard InChI is InChI=1S/C16H26N4.HI/c1-13-7-9-20(10-8-13)12-15-6-4-3-5-14(15)11-19-16(17)18-2;/h3-6,13H,7-12H2,1-2H3,(H3,17,18,19);1H. The zero-order chi connectivity index (χ0) is 14.4. The van der Waals surface area contributed by atoms with Crippen molar-refractivity contribution in [1.82, 2.24) is 10.2 Å². The highest BCUT2D eigenvalue weighted by Crippen LogP contribution is 2.19. The van der Waals surface area contributed by atoms with Crippen LogP contribution in [0.2, 0.25) is 0 Å². The molecule has 0 aliphatic carbocycles. The summed E-state index contributed by atoms with van der Waals surface area (Å²) in [6, 6.07) is 8.58. The lowest BCUT2D eigenvalue weighted by atomic mass is 9.98. The molecule has 0 atom stereocenters. The highest BCUT2D eigenvalue weighted by molar-refractivity contribution is 14.0. The van der Waals surface area contributed by atoms with E-state index in [0.29, 0.717) is 5.96 Å². The van der Waals surface area contributed by atoms with Crippen molar-refractivity contribution in [1.29, 1.82) is 0 Å². The lowest BCUT2D eigenvalue weighted by Gasteiger charge is -2.30. The Labute approximate surface area is 145 Å². The number of nitrogens with two attached hydrogens (primary N) is 1. The van der Waals surface area contributed by atoms with Crippen LogP contribution in [-0.2, 0) is 13.1 Å². The van der Waals surface area contributed by atoms with Crippen LogP contribution in [0.4, 0.5) is 0 Å². The summed E-state index contributed by atoms with van der Waals surface area (Å²) in [5, 5.41) is 3.14. The fraction of sp³-hybridized carbons (Fsp3) is 0.562. The van der Waals surface area contributed by atoms with Crippen molar-refractivity contribution in [3.05, 3.63) is 35.4 Å².